The molecule has 5 unspecified atom stereocenters. The minimum atomic E-state index is -1.14. The number of piperidine rings is 1. The van der Waals surface area contributed by atoms with E-state index >= 15 is 8.78 Å². The lowest BCUT2D eigenvalue weighted by Gasteiger charge is -2.35. The van der Waals surface area contributed by atoms with Crippen LogP contribution in [0.15, 0.2) is 60.8 Å². The van der Waals surface area contributed by atoms with Crippen molar-refractivity contribution in [2.24, 2.45) is 0 Å². The standard InChI is InChI=1S/C54H52F2N10O9/c1-3-34-38(55)13-10-29-19-33(67)20-36(43(29)34)46-45(56)47-37(22-58-46)48(64-24-30-11-12-31(25-64)59-30)63-52(62-47)75-27-54-17-16-32(65(54)23-28(2)21-54)26-74-53(73)57-18-5-4-9-41(68)60-39-8-6-7-35-44(39)51(72)66(50(35)71)40-14-15-42(69)61-49(40)70/h1,6-8,10,13,19-20,22,30-32,40,59,67H,2,4-5,9,11-12,14-18,21,23-27H2,(H,57,73)(H,60,68)(H,61,69,70). The third-order valence-electron chi connectivity index (χ3n) is 15.3. The van der Waals surface area contributed by atoms with E-state index in [4.69, 9.17) is 20.9 Å². The number of fused-ring (bicyclic) bond motifs is 6. The molecule has 0 saturated carbocycles. The Kier molecular flexibility index (Phi) is 12.9. The number of carbonyl (C=O) groups is 6. The number of imide groups is 2. The van der Waals surface area contributed by atoms with Crippen molar-refractivity contribution in [1.82, 2.24) is 40.7 Å². The normalized spacial score (nSPS) is 23.1. The largest absolute Gasteiger partial charge is 0.508 e. The third kappa shape index (κ3) is 9.11. The summed E-state index contributed by atoms with van der Waals surface area (Å²) in [6.45, 7) is 6.52. The fourth-order valence-electron chi connectivity index (χ4n) is 11.8. The minimum absolute atomic E-state index is 0.00597. The molecule has 5 fully saturated rings. The predicted molar refractivity (Wildman–Crippen MR) is 269 cm³/mol. The quantitative estimate of drug-likeness (QED) is 0.0415. The van der Waals surface area contributed by atoms with Gasteiger partial charge in [0.15, 0.2) is 5.82 Å². The summed E-state index contributed by atoms with van der Waals surface area (Å²) < 4.78 is 44.5. The molecule has 8 heterocycles. The number of hydrogen-bond donors (Lipinski definition) is 5. The SMILES string of the molecule is C#Cc1c(F)ccc2cc(O)cc(-c3ncc4c(N5CC6CCC(C5)N6)nc(OCC56CCC(COC(=O)NCCCCC(=O)Nc7cccc8c7C(=O)N(C7CCC(=O)NC7=O)C8=O)N5CC(=C)C6)nc4c3F)c12. The highest BCUT2D eigenvalue weighted by Crippen LogP contribution is 2.45. The first-order valence-corrected chi connectivity index (χ1v) is 25.1. The number of alkyl carbamates (subject to hydrolysis) is 1. The van der Waals surface area contributed by atoms with Crippen LogP contribution in [0.4, 0.5) is 25.1 Å². The van der Waals surface area contributed by atoms with Gasteiger partial charge in [-0.15, -0.1) is 6.42 Å². The van der Waals surface area contributed by atoms with E-state index in [9.17, 15) is 33.9 Å². The lowest BCUT2D eigenvalue weighted by Crippen LogP contribution is -2.54. The Hall–Kier alpha value is -8.09. The van der Waals surface area contributed by atoms with Crippen LogP contribution in [0, 0.1) is 24.0 Å². The molecular weight excluding hydrogens is 971 g/mol. The second-order valence-electron chi connectivity index (χ2n) is 20.2. The lowest BCUT2D eigenvalue weighted by atomic mass is 9.94. The summed E-state index contributed by atoms with van der Waals surface area (Å²) in [5.74, 6) is -1.87. The Morgan fingerprint density at radius 2 is 1.81 bits per heavy atom. The molecule has 5 aromatic rings. The molecule has 21 heteroatoms. The first-order valence-electron chi connectivity index (χ1n) is 25.1. The molecule has 3 aromatic carbocycles. The molecule has 5 atom stereocenters. The number of hydrogen-bond acceptors (Lipinski definition) is 15. The second kappa shape index (κ2) is 19.6. The molecule has 0 radical (unpaired) electrons. The van der Waals surface area contributed by atoms with Gasteiger partial charge in [-0.3, -0.25) is 44.1 Å². The highest BCUT2D eigenvalue weighted by molar-refractivity contribution is 6.26. The third-order valence-corrected chi connectivity index (χ3v) is 15.3. The van der Waals surface area contributed by atoms with Crippen LogP contribution in [0.3, 0.4) is 0 Å². The van der Waals surface area contributed by atoms with E-state index in [1.165, 1.54) is 48.7 Å². The number of aromatic nitrogens is 3. The van der Waals surface area contributed by atoms with Gasteiger partial charge in [0.25, 0.3) is 11.8 Å². The van der Waals surface area contributed by atoms with Gasteiger partial charge in [0, 0.05) is 74.3 Å². The number of phenolic OH excluding ortho intramolecular Hbond substituents is 1. The molecule has 6 aliphatic heterocycles. The van der Waals surface area contributed by atoms with E-state index in [1.807, 2.05) is 0 Å². The van der Waals surface area contributed by atoms with Crippen molar-refractivity contribution in [2.45, 2.75) is 93.9 Å². The van der Waals surface area contributed by atoms with Gasteiger partial charge >= 0.3 is 12.1 Å². The number of terminal acetylenes is 1. The minimum Gasteiger partial charge on any atom is -0.508 e. The van der Waals surface area contributed by atoms with E-state index in [0.29, 0.717) is 68.3 Å². The molecule has 19 nitrogen and oxygen atoms in total. The summed E-state index contributed by atoms with van der Waals surface area (Å²) >= 11 is 0. The molecule has 2 bridgehead atoms. The van der Waals surface area contributed by atoms with Crippen LogP contribution in [0.2, 0.25) is 0 Å². The van der Waals surface area contributed by atoms with E-state index < -0.39 is 58.8 Å². The topological polar surface area (TPSA) is 238 Å². The average molecular weight is 1020 g/mol. The van der Waals surface area contributed by atoms with Crippen molar-refractivity contribution in [3.8, 4) is 35.4 Å². The number of halogens is 2. The zero-order chi connectivity index (χ0) is 52.3. The highest BCUT2D eigenvalue weighted by Gasteiger charge is 2.52. The van der Waals surface area contributed by atoms with Gasteiger partial charge in [0.05, 0.1) is 33.3 Å². The number of aromatic hydroxyl groups is 1. The first-order chi connectivity index (χ1) is 36.2. The van der Waals surface area contributed by atoms with Crippen LogP contribution in [0.5, 0.6) is 11.8 Å². The number of benzene rings is 3. The highest BCUT2D eigenvalue weighted by atomic mass is 19.1. The van der Waals surface area contributed by atoms with Gasteiger partial charge < -0.3 is 35.4 Å². The molecule has 5 saturated heterocycles. The number of rotatable bonds is 14. The number of anilines is 2. The Balaban J connectivity index is 0.720. The van der Waals surface area contributed by atoms with Crippen LogP contribution in [-0.2, 0) is 19.1 Å². The van der Waals surface area contributed by atoms with Gasteiger partial charge in [-0.2, -0.15) is 9.97 Å². The van der Waals surface area contributed by atoms with E-state index in [0.717, 1.165) is 23.3 Å². The molecule has 75 heavy (non-hydrogen) atoms. The summed E-state index contributed by atoms with van der Waals surface area (Å²) in [6, 6.07) is 8.95. The Bertz CT molecular complexity index is 3320. The van der Waals surface area contributed by atoms with Crippen molar-refractivity contribution in [2.75, 3.05) is 49.6 Å². The van der Waals surface area contributed by atoms with Crippen LogP contribution >= 0.6 is 0 Å². The predicted octanol–water partition coefficient (Wildman–Crippen LogP) is 5.23. The molecule has 5 N–H and O–H groups in total. The Labute approximate surface area is 428 Å². The van der Waals surface area contributed by atoms with Crippen molar-refractivity contribution < 1.29 is 52.1 Å². The monoisotopic (exact) mass is 1020 g/mol. The Morgan fingerprint density at radius 3 is 2.60 bits per heavy atom. The number of pyridine rings is 1. The van der Waals surface area contributed by atoms with Gasteiger partial charge in [-0.1, -0.05) is 30.2 Å². The summed E-state index contributed by atoms with van der Waals surface area (Å²) in [4.78, 5) is 95.9. The maximum atomic E-state index is 17.2. The molecule has 6 amide bonds. The fourth-order valence-corrected chi connectivity index (χ4v) is 11.8. The number of amides is 6. The van der Waals surface area contributed by atoms with Crippen molar-refractivity contribution in [3.05, 3.63) is 89.1 Å². The zero-order valence-corrected chi connectivity index (χ0v) is 40.7. The van der Waals surface area contributed by atoms with Gasteiger partial charge in [0.1, 0.15) is 47.9 Å². The van der Waals surface area contributed by atoms with E-state index in [-0.39, 0.29) is 113 Å². The maximum absolute atomic E-state index is 17.2. The van der Waals surface area contributed by atoms with Crippen LogP contribution in [-0.4, -0.2) is 135 Å². The fraction of sp³-hybridized carbons (Fsp3) is 0.389. The summed E-state index contributed by atoms with van der Waals surface area (Å²) in [7, 11) is 0. The summed E-state index contributed by atoms with van der Waals surface area (Å²) in [6.07, 6.45) is 11.4. The van der Waals surface area contributed by atoms with Crippen molar-refractivity contribution in [3.63, 3.8) is 0 Å². The molecular formula is C54H52F2N10O9. The van der Waals surface area contributed by atoms with Crippen LogP contribution < -0.4 is 30.9 Å². The smallest absolute Gasteiger partial charge is 0.407 e. The van der Waals surface area contributed by atoms with Crippen LogP contribution in [0.1, 0.15) is 90.5 Å². The van der Waals surface area contributed by atoms with Gasteiger partial charge in [0.2, 0.25) is 17.7 Å². The molecule has 386 valence electrons. The van der Waals surface area contributed by atoms with Crippen molar-refractivity contribution >= 4 is 68.8 Å². The number of ether oxygens (including phenoxy) is 2. The molecule has 11 rings (SSSR count). The number of piperazine rings is 1. The second-order valence-corrected chi connectivity index (χ2v) is 20.2. The molecule has 0 aliphatic carbocycles. The van der Waals surface area contributed by atoms with Crippen molar-refractivity contribution in [1.29, 1.82) is 0 Å². The maximum Gasteiger partial charge on any atom is 0.407 e. The van der Waals surface area contributed by atoms with Gasteiger partial charge in [-0.25, -0.2) is 13.6 Å². The molecule has 0 spiro atoms. The molecule has 2 aromatic heterocycles. The number of nitrogens with zero attached hydrogens (tertiary/aromatic N) is 6. The number of phenols is 1. The summed E-state index contributed by atoms with van der Waals surface area (Å²) in [5.41, 5.74) is 0.361. The van der Waals surface area contributed by atoms with Crippen LogP contribution in [0.25, 0.3) is 32.9 Å². The number of carbonyl (C=O) groups excluding carboxylic acids is 6. The lowest BCUT2D eigenvalue weighted by molar-refractivity contribution is -0.136. The first kappa shape index (κ1) is 49.1. The number of nitrogens with one attached hydrogen (secondary N) is 4. The van der Waals surface area contributed by atoms with E-state index in [1.54, 1.807) is 0 Å². The van der Waals surface area contributed by atoms with Gasteiger partial charge in [-0.05, 0) is 87.1 Å². The Morgan fingerprint density at radius 1 is 1.00 bits per heavy atom. The average Bonchev–Trinajstić information content (AvgIpc) is 4.12. The zero-order valence-electron chi connectivity index (χ0n) is 40.7. The van der Waals surface area contributed by atoms with E-state index in [2.05, 4.69) is 53.5 Å². The number of unbranched alkanes of at least 4 members (excludes halogenated alkanes) is 1. The molecule has 6 aliphatic rings. The summed E-state index contributed by atoms with van der Waals surface area (Å²) in [5, 5.41) is 22.9.